The second-order valence-electron chi connectivity index (χ2n) is 3.19. The molecular weight excluding hydrogens is 192 g/mol. The van der Waals surface area contributed by atoms with Gasteiger partial charge in [-0.1, -0.05) is 30.3 Å². The molecule has 0 aliphatic rings. The smallest absolute Gasteiger partial charge is 0.165 e. The molecule has 0 amide bonds. The monoisotopic (exact) mass is 210 g/mol. The second kappa shape index (κ2) is 7.73. The molecule has 1 aromatic rings. The van der Waals surface area contributed by atoms with E-state index in [1.165, 1.54) is 5.56 Å². The molecule has 0 saturated carbocycles. The van der Waals surface area contributed by atoms with E-state index in [0.717, 1.165) is 25.7 Å². The topological polar surface area (TPSA) is 18.5 Å². The van der Waals surface area contributed by atoms with Gasteiger partial charge in [0.1, 0.15) is 0 Å². The van der Waals surface area contributed by atoms with Crippen molar-refractivity contribution in [1.29, 1.82) is 0 Å². The van der Waals surface area contributed by atoms with Gasteiger partial charge < -0.3 is 9.16 Å². The zero-order chi connectivity index (χ0) is 10.1. The highest BCUT2D eigenvalue weighted by molar-refractivity contribution is 6.26. The SMILES string of the molecule is COCCCO[SiH2]Cc1ccccc1. The van der Waals surface area contributed by atoms with Crippen LogP contribution < -0.4 is 0 Å². The van der Waals surface area contributed by atoms with Gasteiger partial charge in [0.25, 0.3) is 0 Å². The van der Waals surface area contributed by atoms with Crippen molar-refractivity contribution in [1.82, 2.24) is 0 Å². The van der Waals surface area contributed by atoms with Gasteiger partial charge in [-0.2, -0.15) is 0 Å². The number of benzene rings is 1. The van der Waals surface area contributed by atoms with Crippen LogP contribution in [0.15, 0.2) is 30.3 Å². The van der Waals surface area contributed by atoms with Crippen molar-refractivity contribution in [3.05, 3.63) is 35.9 Å². The van der Waals surface area contributed by atoms with Gasteiger partial charge in [-0.15, -0.1) is 0 Å². The molecule has 0 radical (unpaired) electrons. The van der Waals surface area contributed by atoms with E-state index in [2.05, 4.69) is 24.3 Å². The van der Waals surface area contributed by atoms with Crippen LogP contribution in [0.2, 0.25) is 0 Å². The molecule has 0 atom stereocenters. The molecule has 78 valence electrons. The molecule has 0 fully saturated rings. The van der Waals surface area contributed by atoms with Gasteiger partial charge in [0.15, 0.2) is 9.76 Å². The van der Waals surface area contributed by atoms with Gasteiger partial charge >= 0.3 is 0 Å². The molecule has 0 saturated heterocycles. The van der Waals surface area contributed by atoms with Crippen LogP contribution in [0.3, 0.4) is 0 Å². The van der Waals surface area contributed by atoms with Crippen LogP contribution in [0.25, 0.3) is 0 Å². The molecule has 1 aromatic carbocycles. The third kappa shape index (κ3) is 5.17. The fourth-order valence-electron chi connectivity index (χ4n) is 1.24. The van der Waals surface area contributed by atoms with E-state index in [1.54, 1.807) is 7.11 Å². The molecule has 0 spiro atoms. The third-order valence-corrected chi connectivity index (χ3v) is 3.37. The van der Waals surface area contributed by atoms with E-state index >= 15 is 0 Å². The van der Waals surface area contributed by atoms with Gasteiger partial charge in [0.2, 0.25) is 0 Å². The van der Waals surface area contributed by atoms with E-state index in [-0.39, 0.29) is 9.76 Å². The number of rotatable bonds is 7. The third-order valence-electron chi connectivity index (χ3n) is 2.02. The maximum atomic E-state index is 5.60. The van der Waals surface area contributed by atoms with E-state index in [4.69, 9.17) is 9.16 Å². The van der Waals surface area contributed by atoms with E-state index in [1.807, 2.05) is 6.07 Å². The van der Waals surface area contributed by atoms with E-state index < -0.39 is 0 Å². The largest absolute Gasteiger partial charge is 0.424 e. The Balaban J connectivity index is 1.99. The summed E-state index contributed by atoms with van der Waals surface area (Å²) in [5.74, 6) is 0. The average Bonchev–Trinajstić information content (AvgIpc) is 2.25. The molecule has 0 heterocycles. The van der Waals surface area contributed by atoms with Gasteiger partial charge in [-0.3, -0.25) is 0 Å². The highest BCUT2D eigenvalue weighted by Gasteiger charge is 1.93. The average molecular weight is 210 g/mol. The first-order chi connectivity index (χ1) is 6.93. The first-order valence-corrected chi connectivity index (χ1v) is 6.62. The minimum Gasteiger partial charge on any atom is -0.424 e. The van der Waals surface area contributed by atoms with Gasteiger partial charge in [0, 0.05) is 20.3 Å². The zero-order valence-electron chi connectivity index (χ0n) is 8.74. The summed E-state index contributed by atoms with van der Waals surface area (Å²) in [6.07, 6.45) is 1.01. The van der Waals surface area contributed by atoms with Crippen molar-refractivity contribution in [2.75, 3.05) is 20.3 Å². The summed E-state index contributed by atoms with van der Waals surface area (Å²) < 4.78 is 10.5. The lowest BCUT2D eigenvalue weighted by Gasteiger charge is -2.03. The Morgan fingerprint density at radius 2 is 1.93 bits per heavy atom. The quantitative estimate of drug-likeness (QED) is 0.499. The summed E-state index contributed by atoms with van der Waals surface area (Å²) in [6.45, 7) is 1.66. The van der Waals surface area contributed by atoms with Gasteiger partial charge in [-0.25, -0.2) is 0 Å². The highest BCUT2D eigenvalue weighted by atomic mass is 28.2. The Bertz CT molecular complexity index is 226. The first-order valence-electron chi connectivity index (χ1n) is 5.04. The van der Waals surface area contributed by atoms with Crippen LogP contribution in [-0.2, 0) is 15.2 Å². The number of hydrogen-bond donors (Lipinski definition) is 0. The van der Waals surface area contributed by atoms with Crippen molar-refractivity contribution < 1.29 is 9.16 Å². The predicted octanol–water partition coefficient (Wildman–Crippen LogP) is 1.32. The molecule has 2 nitrogen and oxygen atoms in total. The van der Waals surface area contributed by atoms with Crippen molar-refractivity contribution in [3.8, 4) is 0 Å². The molecule has 0 bridgehead atoms. The van der Waals surface area contributed by atoms with Crippen molar-refractivity contribution >= 4 is 9.76 Å². The van der Waals surface area contributed by atoms with E-state index in [9.17, 15) is 0 Å². The lowest BCUT2D eigenvalue weighted by Crippen LogP contribution is -2.06. The van der Waals surface area contributed by atoms with Crippen LogP contribution in [-0.4, -0.2) is 30.1 Å². The van der Waals surface area contributed by atoms with Gasteiger partial charge in [0.05, 0.1) is 0 Å². The Kier molecular flexibility index (Phi) is 6.31. The molecule has 1 rings (SSSR count). The first kappa shape index (κ1) is 11.4. The minimum atomic E-state index is -0.370. The Hall–Kier alpha value is -0.643. The fraction of sp³-hybridized carbons (Fsp3) is 0.455. The van der Waals surface area contributed by atoms with Crippen LogP contribution in [0.5, 0.6) is 0 Å². The molecule has 0 unspecified atom stereocenters. The van der Waals surface area contributed by atoms with E-state index in [0.29, 0.717) is 0 Å². The summed E-state index contributed by atoms with van der Waals surface area (Å²) in [6, 6.07) is 11.7. The Morgan fingerprint density at radius 1 is 1.14 bits per heavy atom. The number of ether oxygens (including phenoxy) is 1. The molecule has 0 aromatic heterocycles. The van der Waals surface area contributed by atoms with Crippen LogP contribution in [0.1, 0.15) is 12.0 Å². The summed E-state index contributed by atoms with van der Waals surface area (Å²) in [7, 11) is 1.35. The van der Waals surface area contributed by atoms with Crippen LogP contribution in [0.4, 0.5) is 0 Å². The summed E-state index contributed by atoms with van der Waals surface area (Å²) >= 11 is 0. The standard InChI is InChI=1S/C11H18O2Si/c1-12-8-5-9-13-14-10-11-6-3-2-4-7-11/h2-4,6-7H,5,8-10,14H2,1H3. The lowest BCUT2D eigenvalue weighted by atomic mass is 10.2. The maximum absolute atomic E-state index is 5.60. The molecule has 0 N–H and O–H groups in total. The Labute approximate surface area is 88.2 Å². The predicted molar refractivity (Wildman–Crippen MR) is 61.1 cm³/mol. The molecule has 3 heteroatoms. The normalized spacial score (nSPS) is 11.2. The summed E-state index contributed by atoms with van der Waals surface area (Å²) in [4.78, 5) is 0. The minimum absolute atomic E-state index is 0.370. The summed E-state index contributed by atoms with van der Waals surface area (Å²) in [5, 5.41) is 0. The van der Waals surface area contributed by atoms with Crippen LogP contribution in [0, 0.1) is 0 Å². The molecule has 0 aliphatic heterocycles. The van der Waals surface area contributed by atoms with Gasteiger partial charge in [-0.05, 0) is 18.0 Å². The fourth-order valence-corrected chi connectivity index (χ4v) is 2.36. The zero-order valence-corrected chi connectivity index (χ0v) is 10.2. The molecule has 14 heavy (non-hydrogen) atoms. The summed E-state index contributed by atoms with van der Waals surface area (Å²) in [5.41, 5.74) is 1.39. The Morgan fingerprint density at radius 3 is 2.64 bits per heavy atom. The lowest BCUT2D eigenvalue weighted by molar-refractivity contribution is 0.173. The van der Waals surface area contributed by atoms with Crippen molar-refractivity contribution in [2.24, 2.45) is 0 Å². The second-order valence-corrected chi connectivity index (χ2v) is 4.51. The maximum Gasteiger partial charge on any atom is 0.165 e. The van der Waals surface area contributed by atoms with Crippen LogP contribution >= 0.6 is 0 Å². The number of hydrogen-bond acceptors (Lipinski definition) is 2. The molecule has 0 aliphatic carbocycles. The molecular formula is C11H18O2Si. The number of methoxy groups -OCH3 is 1. The highest BCUT2D eigenvalue weighted by Crippen LogP contribution is 1.98. The van der Waals surface area contributed by atoms with Crippen molar-refractivity contribution in [2.45, 2.75) is 12.5 Å². The van der Waals surface area contributed by atoms with Crippen molar-refractivity contribution in [3.63, 3.8) is 0 Å².